The predicted octanol–water partition coefficient (Wildman–Crippen LogP) is 0.876. The van der Waals surface area contributed by atoms with Crippen LogP contribution in [0.1, 0.15) is 5.69 Å². The topological polar surface area (TPSA) is 95.8 Å². The number of anilines is 2. The average molecular weight is 313 g/mol. The quantitative estimate of drug-likeness (QED) is 0.778. The van der Waals surface area contributed by atoms with Crippen molar-refractivity contribution >= 4 is 11.8 Å². The Balaban J connectivity index is 1.88. The van der Waals surface area contributed by atoms with Crippen molar-refractivity contribution in [3.05, 3.63) is 17.8 Å². The molecule has 0 aliphatic carbocycles. The molecule has 0 atom stereocenters. The van der Waals surface area contributed by atoms with Crippen LogP contribution in [0.5, 0.6) is 0 Å². The maximum absolute atomic E-state index is 12.6. The first-order chi connectivity index (χ1) is 10.4. The Morgan fingerprint density at radius 2 is 2.00 bits per heavy atom. The molecule has 4 N–H and O–H groups in total. The number of aromatic amines is 1. The molecule has 0 radical (unpaired) electrons. The number of nitrogens with two attached hydrogens (primary N) is 1. The number of hydrogen-bond acceptors (Lipinski definition) is 6. The number of nitrogens with zero attached hydrogens (tertiary/aromatic N) is 4. The molecule has 1 aliphatic rings. The van der Waals surface area contributed by atoms with Crippen molar-refractivity contribution in [2.45, 2.75) is 12.2 Å². The van der Waals surface area contributed by atoms with Crippen molar-refractivity contribution in [3.8, 4) is 11.4 Å². The third kappa shape index (κ3) is 2.69. The summed E-state index contributed by atoms with van der Waals surface area (Å²) in [6.45, 7) is 1.50. The minimum atomic E-state index is -4.48. The van der Waals surface area contributed by atoms with Gasteiger partial charge in [-0.15, -0.1) is 0 Å². The van der Waals surface area contributed by atoms with Crippen LogP contribution in [0.25, 0.3) is 11.4 Å². The zero-order chi connectivity index (χ0) is 15.9. The number of hydrogen-bond donors (Lipinski definition) is 3. The lowest BCUT2D eigenvalue weighted by Crippen LogP contribution is -2.57. The normalized spacial score (nSPS) is 15.9. The minimum absolute atomic E-state index is 0.00281. The molecular formula is C12H14F3N7. The van der Waals surface area contributed by atoms with E-state index in [0.717, 1.165) is 19.2 Å². The van der Waals surface area contributed by atoms with Gasteiger partial charge in [0.15, 0.2) is 0 Å². The van der Waals surface area contributed by atoms with Gasteiger partial charge in [0.1, 0.15) is 17.2 Å². The second-order valence-electron chi connectivity index (χ2n) is 5.02. The molecule has 10 heteroatoms. The fourth-order valence-corrected chi connectivity index (χ4v) is 2.19. The standard InChI is InChI=1S/C12H14F3N7/c1-17-6-4-22(5-6)10-3-7(18-11(16)19-10)8-2-9(21-20-8)12(13,14)15/h2-3,6,17H,4-5H2,1H3,(H,20,21)(H2,16,18,19). The second-order valence-corrected chi connectivity index (χ2v) is 5.02. The van der Waals surface area contributed by atoms with Crippen molar-refractivity contribution in [1.29, 1.82) is 0 Å². The van der Waals surface area contributed by atoms with Crippen molar-refractivity contribution < 1.29 is 13.2 Å². The van der Waals surface area contributed by atoms with E-state index in [1.54, 1.807) is 6.07 Å². The monoisotopic (exact) mass is 313 g/mol. The van der Waals surface area contributed by atoms with E-state index in [2.05, 4.69) is 20.4 Å². The summed E-state index contributed by atoms with van der Waals surface area (Å²) in [4.78, 5) is 10.0. The molecule has 0 amide bonds. The van der Waals surface area contributed by atoms with Gasteiger partial charge < -0.3 is 16.0 Å². The van der Waals surface area contributed by atoms with Crippen LogP contribution in [0.15, 0.2) is 12.1 Å². The van der Waals surface area contributed by atoms with Gasteiger partial charge >= 0.3 is 6.18 Å². The van der Waals surface area contributed by atoms with E-state index in [9.17, 15) is 13.2 Å². The van der Waals surface area contributed by atoms with E-state index >= 15 is 0 Å². The van der Waals surface area contributed by atoms with Crippen LogP contribution in [-0.4, -0.2) is 46.3 Å². The van der Waals surface area contributed by atoms with Crippen LogP contribution in [-0.2, 0) is 6.18 Å². The number of alkyl halides is 3. The number of halogens is 3. The molecule has 2 aromatic rings. The number of H-pyrrole nitrogens is 1. The number of likely N-dealkylation sites (N-methyl/N-ethyl adjacent to an activating group) is 1. The summed E-state index contributed by atoms with van der Waals surface area (Å²) in [6.07, 6.45) is -4.48. The van der Waals surface area contributed by atoms with Gasteiger partial charge in [0.2, 0.25) is 5.95 Å². The summed E-state index contributed by atoms with van der Waals surface area (Å²) in [5.41, 5.74) is 5.05. The lowest BCUT2D eigenvalue weighted by molar-refractivity contribution is -0.141. The van der Waals surface area contributed by atoms with Crippen LogP contribution < -0.4 is 16.0 Å². The van der Waals surface area contributed by atoms with Gasteiger partial charge in [0, 0.05) is 25.2 Å². The molecule has 0 spiro atoms. The molecule has 7 nitrogen and oxygen atoms in total. The van der Waals surface area contributed by atoms with Gasteiger partial charge in [-0.1, -0.05) is 0 Å². The Morgan fingerprint density at radius 1 is 1.27 bits per heavy atom. The zero-order valence-electron chi connectivity index (χ0n) is 11.6. The largest absolute Gasteiger partial charge is 0.432 e. The molecule has 2 aromatic heterocycles. The van der Waals surface area contributed by atoms with E-state index in [1.807, 2.05) is 17.0 Å². The first-order valence-corrected chi connectivity index (χ1v) is 6.56. The molecule has 118 valence electrons. The summed E-state index contributed by atoms with van der Waals surface area (Å²) in [7, 11) is 1.87. The Hall–Kier alpha value is -2.36. The van der Waals surface area contributed by atoms with E-state index in [1.165, 1.54) is 0 Å². The molecule has 22 heavy (non-hydrogen) atoms. The number of nitrogen functional groups attached to an aromatic ring is 1. The third-order valence-electron chi connectivity index (χ3n) is 3.49. The summed E-state index contributed by atoms with van der Waals surface area (Å²) in [5.74, 6) is 0.572. The van der Waals surface area contributed by atoms with Gasteiger partial charge in [-0.3, -0.25) is 5.10 Å². The van der Waals surface area contributed by atoms with Crippen molar-refractivity contribution in [3.63, 3.8) is 0 Å². The Labute approximate surface area is 123 Å². The summed E-state index contributed by atoms with van der Waals surface area (Å²) < 4.78 is 37.8. The highest BCUT2D eigenvalue weighted by molar-refractivity contribution is 5.62. The summed E-state index contributed by atoms with van der Waals surface area (Å²) in [5, 5.41) is 8.73. The van der Waals surface area contributed by atoms with E-state index in [0.29, 0.717) is 11.9 Å². The highest BCUT2D eigenvalue weighted by atomic mass is 19.4. The first-order valence-electron chi connectivity index (χ1n) is 6.56. The first kappa shape index (κ1) is 14.6. The van der Waals surface area contributed by atoms with Crippen molar-refractivity contribution in [2.24, 2.45) is 0 Å². The third-order valence-corrected chi connectivity index (χ3v) is 3.49. The second kappa shape index (κ2) is 5.13. The summed E-state index contributed by atoms with van der Waals surface area (Å²) >= 11 is 0. The van der Waals surface area contributed by atoms with Crippen LogP contribution in [0.3, 0.4) is 0 Å². The number of nitrogens with one attached hydrogen (secondary N) is 2. The maximum atomic E-state index is 12.6. The van der Waals surface area contributed by atoms with Crippen LogP contribution in [0, 0.1) is 0 Å². The Morgan fingerprint density at radius 3 is 2.59 bits per heavy atom. The minimum Gasteiger partial charge on any atom is -0.368 e. The molecule has 1 fully saturated rings. The summed E-state index contributed by atoms with van der Waals surface area (Å²) in [6, 6.07) is 2.85. The number of aromatic nitrogens is 4. The highest BCUT2D eigenvalue weighted by Gasteiger charge is 2.33. The SMILES string of the molecule is CNC1CN(c2cc(-c3cc(C(F)(F)F)[nH]n3)nc(N)n2)C1. The van der Waals surface area contributed by atoms with Gasteiger partial charge in [0.05, 0.1) is 5.69 Å². The zero-order valence-corrected chi connectivity index (χ0v) is 11.6. The van der Waals surface area contributed by atoms with E-state index < -0.39 is 11.9 Å². The van der Waals surface area contributed by atoms with Crippen LogP contribution >= 0.6 is 0 Å². The molecule has 3 rings (SSSR count). The fourth-order valence-electron chi connectivity index (χ4n) is 2.19. The van der Waals surface area contributed by atoms with Crippen molar-refractivity contribution in [2.75, 3.05) is 30.8 Å². The van der Waals surface area contributed by atoms with E-state index in [4.69, 9.17) is 5.73 Å². The van der Waals surface area contributed by atoms with Crippen molar-refractivity contribution in [1.82, 2.24) is 25.5 Å². The molecule has 1 saturated heterocycles. The Bertz CT molecular complexity index is 676. The van der Waals surface area contributed by atoms with Crippen LogP contribution in [0.2, 0.25) is 0 Å². The van der Waals surface area contributed by atoms with Gasteiger partial charge in [0.25, 0.3) is 0 Å². The molecular weight excluding hydrogens is 299 g/mol. The molecule has 0 unspecified atom stereocenters. The number of rotatable bonds is 3. The average Bonchev–Trinajstić information content (AvgIpc) is 2.86. The maximum Gasteiger partial charge on any atom is 0.432 e. The van der Waals surface area contributed by atoms with E-state index in [-0.39, 0.29) is 17.3 Å². The molecule has 3 heterocycles. The lowest BCUT2D eigenvalue weighted by Gasteiger charge is -2.39. The molecule has 0 aromatic carbocycles. The lowest BCUT2D eigenvalue weighted by atomic mass is 10.1. The highest BCUT2D eigenvalue weighted by Crippen LogP contribution is 2.31. The predicted molar refractivity (Wildman–Crippen MR) is 74.1 cm³/mol. The van der Waals surface area contributed by atoms with Crippen LogP contribution in [0.4, 0.5) is 24.9 Å². The molecule has 0 bridgehead atoms. The molecule has 0 saturated carbocycles. The Kier molecular flexibility index (Phi) is 3.39. The smallest absolute Gasteiger partial charge is 0.368 e. The van der Waals surface area contributed by atoms with Gasteiger partial charge in [-0.05, 0) is 13.1 Å². The van der Waals surface area contributed by atoms with Gasteiger partial charge in [-0.25, -0.2) is 4.98 Å². The molecule has 1 aliphatic heterocycles. The van der Waals surface area contributed by atoms with Gasteiger partial charge in [-0.2, -0.15) is 23.3 Å². The fraction of sp³-hybridized carbons (Fsp3) is 0.417.